The lowest BCUT2D eigenvalue weighted by Crippen LogP contribution is -2.14. The van der Waals surface area contributed by atoms with Crippen molar-refractivity contribution in [1.29, 1.82) is 5.26 Å². The maximum Gasteiger partial charge on any atom is 0.307 e. The number of hydrogen-bond donors (Lipinski definition) is 0. The molecule has 1 aliphatic rings. The number of Topliss-reactive ketones (excluding diaryl/α,β-unsaturated/α-hetero) is 1. The number of rotatable bonds is 7. The third-order valence-corrected chi connectivity index (χ3v) is 5.00. The van der Waals surface area contributed by atoms with E-state index in [4.69, 9.17) is 14.2 Å². The first-order chi connectivity index (χ1) is 13.5. The number of carbonyl (C=O) groups is 2. The average Bonchev–Trinajstić information content (AvgIpc) is 3.13. The molecule has 0 fully saturated rings. The van der Waals surface area contributed by atoms with Crippen LogP contribution in [0.4, 0.5) is 0 Å². The van der Waals surface area contributed by atoms with E-state index in [1.165, 1.54) is 11.8 Å². The monoisotopic (exact) mass is 398 g/mol. The maximum absolute atomic E-state index is 12.2. The van der Waals surface area contributed by atoms with Crippen LogP contribution in [0.3, 0.4) is 0 Å². The SMILES string of the molecule is Cc1cc(C)c(C#N)c(SCCC(=O)OCC(=O)c2ccc3c(c2)OCO3)n1. The number of benzene rings is 1. The number of ether oxygens (including phenoxy) is 3. The second-order valence-corrected chi connectivity index (χ2v) is 7.21. The van der Waals surface area contributed by atoms with E-state index in [-0.39, 0.29) is 25.6 Å². The highest BCUT2D eigenvalue weighted by atomic mass is 32.2. The Morgan fingerprint density at radius 3 is 2.82 bits per heavy atom. The van der Waals surface area contributed by atoms with Crippen molar-refractivity contribution in [2.75, 3.05) is 19.2 Å². The van der Waals surface area contributed by atoms with E-state index in [9.17, 15) is 14.9 Å². The van der Waals surface area contributed by atoms with E-state index >= 15 is 0 Å². The van der Waals surface area contributed by atoms with Gasteiger partial charge in [0, 0.05) is 17.0 Å². The summed E-state index contributed by atoms with van der Waals surface area (Å²) >= 11 is 1.32. The van der Waals surface area contributed by atoms with Gasteiger partial charge in [-0.2, -0.15) is 5.26 Å². The lowest BCUT2D eigenvalue weighted by atomic mass is 10.1. The molecular formula is C20H18N2O5S. The van der Waals surface area contributed by atoms with Gasteiger partial charge in [0.25, 0.3) is 0 Å². The second-order valence-electron chi connectivity index (χ2n) is 6.12. The molecule has 2 heterocycles. The number of aromatic nitrogens is 1. The van der Waals surface area contributed by atoms with Crippen LogP contribution in [-0.2, 0) is 9.53 Å². The molecule has 0 aliphatic carbocycles. The summed E-state index contributed by atoms with van der Waals surface area (Å²) in [6, 6.07) is 8.82. The highest BCUT2D eigenvalue weighted by Gasteiger charge is 2.17. The van der Waals surface area contributed by atoms with Gasteiger partial charge in [0.1, 0.15) is 11.1 Å². The van der Waals surface area contributed by atoms with Gasteiger partial charge in [0.05, 0.1) is 12.0 Å². The number of carbonyl (C=O) groups excluding carboxylic acids is 2. The van der Waals surface area contributed by atoms with Gasteiger partial charge >= 0.3 is 5.97 Å². The molecule has 1 aromatic carbocycles. The Labute approximate surface area is 166 Å². The molecule has 0 saturated carbocycles. The minimum Gasteiger partial charge on any atom is -0.457 e. The Morgan fingerprint density at radius 2 is 2.04 bits per heavy atom. The summed E-state index contributed by atoms with van der Waals surface area (Å²) in [4.78, 5) is 28.5. The number of ketones is 1. The highest BCUT2D eigenvalue weighted by molar-refractivity contribution is 7.99. The van der Waals surface area contributed by atoms with Gasteiger partial charge < -0.3 is 14.2 Å². The average molecular weight is 398 g/mol. The van der Waals surface area contributed by atoms with Crippen LogP contribution in [0.1, 0.15) is 33.6 Å². The van der Waals surface area contributed by atoms with E-state index in [0.29, 0.717) is 33.4 Å². The van der Waals surface area contributed by atoms with Crippen molar-refractivity contribution in [2.24, 2.45) is 0 Å². The van der Waals surface area contributed by atoms with Crippen LogP contribution in [0.25, 0.3) is 0 Å². The largest absolute Gasteiger partial charge is 0.457 e. The van der Waals surface area contributed by atoms with Crippen LogP contribution in [0, 0.1) is 25.2 Å². The molecule has 0 spiro atoms. The molecule has 0 N–H and O–H groups in total. The van der Waals surface area contributed by atoms with Crippen molar-refractivity contribution >= 4 is 23.5 Å². The number of aryl methyl sites for hydroxylation is 2. The predicted molar refractivity (Wildman–Crippen MR) is 102 cm³/mol. The Morgan fingerprint density at radius 1 is 1.25 bits per heavy atom. The van der Waals surface area contributed by atoms with E-state index in [1.807, 2.05) is 19.9 Å². The minimum absolute atomic E-state index is 0.110. The van der Waals surface area contributed by atoms with Crippen molar-refractivity contribution in [2.45, 2.75) is 25.3 Å². The number of esters is 1. The third kappa shape index (κ3) is 4.61. The molecule has 0 bridgehead atoms. The summed E-state index contributed by atoms with van der Waals surface area (Å²) in [5, 5.41) is 9.86. The van der Waals surface area contributed by atoms with Gasteiger partial charge in [0.15, 0.2) is 23.9 Å². The Hall–Kier alpha value is -3.05. The number of fused-ring (bicyclic) bond motifs is 1. The van der Waals surface area contributed by atoms with Gasteiger partial charge in [-0.25, -0.2) is 4.98 Å². The van der Waals surface area contributed by atoms with Crippen LogP contribution in [0.15, 0.2) is 29.3 Å². The molecule has 28 heavy (non-hydrogen) atoms. The molecule has 0 radical (unpaired) electrons. The van der Waals surface area contributed by atoms with Crippen molar-refractivity contribution in [3.8, 4) is 17.6 Å². The van der Waals surface area contributed by atoms with E-state index < -0.39 is 5.97 Å². The fourth-order valence-corrected chi connectivity index (χ4v) is 3.67. The first kappa shape index (κ1) is 19.7. The maximum atomic E-state index is 12.2. The van der Waals surface area contributed by atoms with E-state index in [1.54, 1.807) is 18.2 Å². The molecule has 7 nitrogen and oxygen atoms in total. The Bertz CT molecular complexity index is 968. The van der Waals surface area contributed by atoms with Gasteiger partial charge in [-0.15, -0.1) is 11.8 Å². The van der Waals surface area contributed by atoms with Crippen LogP contribution in [0.5, 0.6) is 11.5 Å². The summed E-state index contributed by atoms with van der Waals surface area (Å²) in [6.07, 6.45) is 0.110. The van der Waals surface area contributed by atoms with Crippen molar-refractivity contribution in [3.05, 3.63) is 46.6 Å². The van der Waals surface area contributed by atoms with Crippen LogP contribution >= 0.6 is 11.8 Å². The number of nitrogens with zero attached hydrogens (tertiary/aromatic N) is 2. The zero-order valence-corrected chi connectivity index (χ0v) is 16.3. The zero-order valence-electron chi connectivity index (χ0n) is 15.5. The minimum atomic E-state index is -0.482. The van der Waals surface area contributed by atoms with Gasteiger partial charge in [-0.05, 0) is 43.7 Å². The van der Waals surface area contributed by atoms with Crippen molar-refractivity contribution < 1.29 is 23.8 Å². The lowest BCUT2D eigenvalue weighted by Gasteiger charge is -2.08. The molecular weight excluding hydrogens is 380 g/mol. The molecule has 0 unspecified atom stereocenters. The topological polar surface area (TPSA) is 98.5 Å². The number of pyridine rings is 1. The van der Waals surface area contributed by atoms with Gasteiger partial charge in [-0.3, -0.25) is 9.59 Å². The summed E-state index contributed by atoms with van der Waals surface area (Å²) in [5.74, 6) is 0.693. The molecule has 1 aromatic heterocycles. The molecule has 8 heteroatoms. The fourth-order valence-electron chi connectivity index (χ4n) is 2.65. The van der Waals surface area contributed by atoms with E-state index in [0.717, 1.165) is 11.3 Å². The molecule has 0 amide bonds. The molecule has 144 valence electrons. The standard InChI is InChI=1S/C20H18N2O5S/c1-12-7-13(2)22-20(15(12)9-21)28-6-5-19(24)25-10-16(23)14-3-4-17-18(8-14)27-11-26-17/h3-4,7-8H,5-6,10-11H2,1-2H3. The molecule has 2 aromatic rings. The molecule has 0 atom stereocenters. The van der Waals surface area contributed by atoms with Crippen LogP contribution in [0.2, 0.25) is 0 Å². The molecule has 1 aliphatic heterocycles. The van der Waals surface area contributed by atoms with Gasteiger partial charge in [-0.1, -0.05) is 0 Å². The first-order valence-corrected chi connectivity index (χ1v) is 9.56. The zero-order chi connectivity index (χ0) is 20.1. The third-order valence-electron chi connectivity index (χ3n) is 4.03. The summed E-state index contributed by atoms with van der Waals surface area (Å²) < 4.78 is 15.5. The predicted octanol–water partition coefficient (Wildman–Crippen LogP) is 3.21. The summed E-state index contributed by atoms with van der Waals surface area (Å²) in [5.41, 5.74) is 2.58. The van der Waals surface area contributed by atoms with Crippen molar-refractivity contribution in [1.82, 2.24) is 4.98 Å². The Kier molecular flexibility index (Phi) is 6.16. The van der Waals surface area contributed by atoms with Gasteiger partial charge in [0.2, 0.25) is 6.79 Å². The molecule has 0 saturated heterocycles. The normalized spacial score (nSPS) is 11.8. The summed E-state index contributed by atoms with van der Waals surface area (Å²) in [6.45, 7) is 3.50. The number of thioether (sulfide) groups is 1. The quantitative estimate of drug-likeness (QED) is 0.398. The molecule has 3 rings (SSSR count). The first-order valence-electron chi connectivity index (χ1n) is 8.57. The van der Waals surface area contributed by atoms with E-state index in [2.05, 4.69) is 11.1 Å². The summed E-state index contributed by atoms with van der Waals surface area (Å²) in [7, 11) is 0. The van der Waals surface area contributed by atoms with Crippen LogP contribution < -0.4 is 9.47 Å². The lowest BCUT2D eigenvalue weighted by molar-refractivity contribution is -0.141. The smallest absolute Gasteiger partial charge is 0.307 e. The van der Waals surface area contributed by atoms with Crippen LogP contribution in [-0.4, -0.2) is 35.9 Å². The fraction of sp³-hybridized carbons (Fsp3) is 0.300. The number of hydrogen-bond acceptors (Lipinski definition) is 8. The second kappa shape index (κ2) is 8.76. The van der Waals surface area contributed by atoms with Crippen molar-refractivity contribution in [3.63, 3.8) is 0 Å². The highest BCUT2D eigenvalue weighted by Crippen LogP contribution is 2.32. The Balaban J connectivity index is 1.48. The number of nitriles is 1.